The van der Waals surface area contributed by atoms with Crippen molar-refractivity contribution < 1.29 is 14.6 Å². The number of hydrogen-bond acceptors (Lipinski definition) is 2. The van der Waals surface area contributed by atoms with Crippen molar-refractivity contribution >= 4 is 5.97 Å². The maximum atomic E-state index is 10.9. The first kappa shape index (κ1) is 33.4. The maximum absolute atomic E-state index is 10.9. The van der Waals surface area contributed by atoms with Crippen LogP contribution in [0.2, 0.25) is 0 Å². The molecule has 37 heavy (non-hydrogen) atoms. The Labute approximate surface area is 229 Å². The van der Waals surface area contributed by atoms with Crippen molar-refractivity contribution in [3.8, 4) is 0 Å². The molecule has 0 saturated carbocycles. The Morgan fingerprint density at radius 1 is 0.973 bits per heavy atom. The molecule has 4 atom stereocenters. The summed E-state index contributed by atoms with van der Waals surface area (Å²) in [4.78, 5) is 10.9. The van der Waals surface area contributed by atoms with Gasteiger partial charge in [-0.1, -0.05) is 94.4 Å². The van der Waals surface area contributed by atoms with E-state index in [1.54, 1.807) is 6.92 Å². The molecule has 0 heterocycles. The highest BCUT2D eigenvalue weighted by molar-refractivity contribution is 5.69. The lowest BCUT2D eigenvalue weighted by molar-refractivity contribution is -0.141. The first-order chi connectivity index (χ1) is 17.6. The molecular weight excluding hydrogens is 456 g/mol. The Balaban J connectivity index is 2.33. The summed E-state index contributed by atoms with van der Waals surface area (Å²) < 4.78 is 6.42. The lowest BCUT2D eigenvalue weighted by atomic mass is 9.83. The van der Waals surface area contributed by atoms with Crippen molar-refractivity contribution in [3.05, 3.63) is 46.6 Å². The fourth-order valence-electron chi connectivity index (χ4n) is 5.00. The van der Waals surface area contributed by atoms with Gasteiger partial charge in [0.1, 0.15) is 0 Å². The molecule has 0 aromatic rings. The van der Waals surface area contributed by atoms with Crippen LogP contribution in [0.25, 0.3) is 0 Å². The van der Waals surface area contributed by atoms with E-state index in [4.69, 9.17) is 9.84 Å². The van der Waals surface area contributed by atoms with Crippen LogP contribution >= 0.6 is 0 Å². The fraction of sp³-hybridized carbons (Fsp3) is 0.735. The molecule has 0 aromatic heterocycles. The highest BCUT2D eigenvalue weighted by Crippen LogP contribution is 2.32. The third-order valence-electron chi connectivity index (χ3n) is 8.13. The number of allylic oxidation sites excluding steroid dienone is 6. The molecule has 0 fully saturated rings. The molecule has 1 aliphatic rings. The summed E-state index contributed by atoms with van der Waals surface area (Å²) in [6.07, 6.45) is 24.4. The predicted octanol–water partition coefficient (Wildman–Crippen LogP) is 10.2. The van der Waals surface area contributed by atoms with Crippen molar-refractivity contribution in [1.82, 2.24) is 0 Å². The van der Waals surface area contributed by atoms with Crippen LogP contribution in [0.15, 0.2) is 46.6 Å². The van der Waals surface area contributed by atoms with Crippen LogP contribution in [-0.2, 0) is 9.53 Å². The van der Waals surface area contributed by atoms with Crippen molar-refractivity contribution in [3.63, 3.8) is 0 Å². The van der Waals surface area contributed by atoms with E-state index in [1.807, 2.05) is 0 Å². The molecule has 1 N–H and O–H groups in total. The highest BCUT2D eigenvalue weighted by atomic mass is 16.5. The van der Waals surface area contributed by atoms with Crippen molar-refractivity contribution in [2.45, 2.75) is 138 Å². The van der Waals surface area contributed by atoms with E-state index in [-0.39, 0.29) is 12.0 Å². The highest BCUT2D eigenvalue weighted by Gasteiger charge is 2.26. The number of carbonyl (C=O) groups is 1. The SMILES string of the molecule is CCCCCCOC1C(CCC(C)CCC/C(C)=C/CC/C(C)=C/CCC(C)C(=O)O)=CC=C(C)C1C. The standard InChI is InChI=1S/C34H58O3/c1-8-9-10-11-25-37-33-31(7)29(5)22-24-32(33)23-21-28(4)18-13-17-26(2)15-12-16-27(3)19-14-20-30(6)34(35)36/h15,19,22,24,28,30-31,33H,8-14,16-18,20-21,23,25H2,1-7H3,(H,35,36)/b26-15+,27-19+. The van der Waals surface area contributed by atoms with E-state index >= 15 is 0 Å². The number of ether oxygens (including phenoxy) is 1. The molecule has 0 aromatic carbocycles. The van der Waals surface area contributed by atoms with Crippen LogP contribution in [0.1, 0.15) is 132 Å². The monoisotopic (exact) mass is 514 g/mol. The normalized spacial score (nSPS) is 20.4. The van der Waals surface area contributed by atoms with Gasteiger partial charge in [-0.2, -0.15) is 0 Å². The number of unbranched alkanes of at least 4 members (excludes halogenated alkanes) is 3. The summed E-state index contributed by atoms with van der Waals surface area (Å²) in [6.45, 7) is 16.3. The predicted molar refractivity (Wildman–Crippen MR) is 160 cm³/mol. The molecule has 0 amide bonds. The number of hydrogen-bond donors (Lipinski definition) is 1. The van der Waals surface area contributed by atoms with Crippen LogP contribution in [-0.4, -0.2) is 23.8 Å². The molecule has 1 rings (SSSR count). The van der Waals surface area contributed by atoms with Gasteiger partial charge in [-0.25, -0.2) is 0 Å². The average molecular weight is 515 g/mol. The fourth-order valence-corrected chi connectivity index (χ4v) is 5.00. The first-order valence-electron chi connectivity index (χ1n) is 15.2. The Kier molecular flexibility index (Phi) is 17.6. The summed E-state index contributed by atoms with van der Waals surface area (Å²) in [5, 5.41) is 8.99. The zero-order chi connectivity index (χ0) is 27.6. The van der Waals surface area contributed by atoms with Crippen LogP contribution in [0.5, 0.6) is 0 Å². The summed E-state index contributed by atoms with van der Waals surface area (Å²) in [5.41, 5.74) is 5.81. The molecule has 0 aliphatic heterocycles. The number of carboxylic acid groups (broad SMARTS) is 1. The zero-order valence-electron chi connectivity index (χ0n) is 25.3. The first-order valence-corrected chi connectivity index (χ1v) is 15.2. The molecule has 0 saturated heterocycles. The van der Waals surface area contributed by atoms with Gasteiger partial charge in [-0.3, -0.25) is 4.79 Å². The Morgan fingerprint density at radius 3 is 2.38 bits per heavy atom. The van der Waals surface area contributed by atoms with Crippen LogP contribution < -0.4 is 0 Å². The quantitative estimate of drug-likeness (QED) is 0.130. The second-order valence-corrected chi connectivity index (χ2v) is 11.8. The summed E-state index contributed by atoms with van der Waals surface area (Å²) in [6, 6.07) is 0. The lowest BCUT2D eigenvalue weighted by Gasteiger charge is -2.31. The molecule has 0 spiro atoms. The van der Waals surface area contributed by atoms with Gasteiger partial charge in [0.2, 0.25) is 0 Å². The summed E-state index contributed by atoms with van der Waals surface area (Å²) >= 11 is 0. The van der Waals surface area contributed by atoms with Gasteiger partial charge in [-0.15, -0.1) is 0 Å². The van der Waals surface area contributed by atoms with Gasteiger partial charge >= 0.3 is 5.97 Å². The molecule has 1 aliphatic carbocycles. The third kappa shape index (κ3) is 14.8. The van der Waals surface area contributed by atoms with E-state index < -0.39 is 5.97 Å². The van der Waals surface area contributed by atoms with E-state index in [0.717, 1.165) is 44.6 Å². The van der Waals surface area contributed by atoms with Crippen LogP contribution in [0, 0.1) is 17.8 Å². The van der Waals surface area contributed by atoms with E-state index in [1.165, 1.54) is 73.7 Å². The van der Waals surface area contributed by atoms with Gasteiger partial charge in [0, 0.05) is 12.5 Å². The van der Waals surface area contributed by atoms with Gasteiger partial charge in [0.15, 0.2) is 0 Å². The molecule has 0 radical (unpaired) electrons. The topological polar surface area (TPSA) is 46.5 Å². The van der Waals surface area contributed by atoms with Gasteiger partial charge < -0.3 is 9.84 Å². The largest absolute Gasteiger partial charge is 0.481 e. The third-order valence-corrected chi connectivity index (χ3v) is 8.13. The summed E-state index contributed by atoms with van der Waals surface area (Å²) in [7, 11) is 0. The zero-order valence-corrected chi connectivity index (χ0v) is 25.3. The van der Waals surface area contributed by atoms with Gasteiger partial charge in [0.25, 0.3) is 0 Å². The van der Waals surface area contributed by atoms with Crippen molar-refractivity contribution in [1.29, 1.82) is 0 Å². The minimum absolute atomic E-state index is 0.257. The van der Waals surface area contributed by atoms with Crippen LogP contribution in [0.3, 0.4) is 0 Å². The summed E-state index contributed by atoms with van der Waals surface area (Å²) in [5.74, 6) is 0.270. The van der Waals surface area contributed by atoms with Gasteiger partial charge in [0.05, 0.1) is 12.0 Å². The van der Waals surface area contributed by atoms with Crippen molar-refractivity contribution in [2.75, 3.05) is 6.61 Å². The second kappa shape index (κ2) is 19.5. The average Bonchev–Trinajstić information content (AvgIpc) is 2.85. The van der Waals surface area contributed by atoms with Gasteiger partial charge in [-0.05, 0) is 90.0 Å². The van der Waals surface area contributed by atoms with Crippen LogP contribution in [0.4, 0.5) is 0 Å². The number of carboxylic acids is 1. The van der Waals surface area contributed by atoms with E-state index in [2.05, 4.69) is 65.8 Å². The molecule has 212 valence electrons. The molecule has 0 bridgehead atoms. The van der Waals surface area contributed by atoms with Crippen molar-refractivity contribution in [2.24, 2.45) is 17.8 Å². The Morgan fingerprint density at radius 2 is 1.68 bits per heavy atom. The molecular formula is C34H58O3. The minimum Gasteiger partial charge on any atom is -0.481 e. The Hall–Kier alpha value is -1.61. The lowest BCUT2D eigenvalue weighted by Crippen LogP contribution is -2.28. The molecule has 3 heteroatoms. The maximum Gasteiger partial charge on any atom is 0.306 e. The minimum atomic E-state index is -0.696. The molecule has 4 unspecified atom stereocenters. The van der Waals surface area contributed by atoms with E-state index in [0.29, 0.717) is 5.92 Å². The Bertz CT molecular complexity index is 770. The number of aliphatic carboxylic acids is 1. The molecule has 3 nitrogen and oxygen atoms in total. The van der Waals surface area contributed by atoms with E-state index in [9.17, 15) is 4.79 Å². The second-order valence-electron chi connectivity index (χ2n) is 11.8. The smallest absolute Gasteiger partial charge is 0.306 e. The number of rotatable bonds is 20.